The normalized spacial score (nSPS) is 16.6. The second-order valence-electron chi connectivity index (χ2n) is 4.47. The summed E-state index contributed by atoms with van der Waals surface area (Å²) in [5, 5.41) is 3.96. The summed E-state index contributed by atoms with van der Waals surface area (Å²) in [7, 11) is 0. The molecule has 0 heterocycles. The molecule has 1 aromatic rings. The van der Waals surface area contributed by atoms with Crippen LogP contribution in [0.15, 0.2) is 27.1 Å². The number of carbonyl (C=O) groups is 1. The summed E-state index contributed by atoms with van der Waals surface area (Å²) in [4.78, 5) is 12.0. The van der Waals surface area contributed by atoms with Gasteiger partial charge in [0.2, 0.25) is 0 Å². The number of hydrogen-bond acceptors (Lipinski definition) is 1. The molecule has 0 bridgehead atoms. The van der Waals surface area contributed by atoms with Gasteiger partial charge < -0.3 is 5.32 Å². The largest absolute Gasteiger partial charge is 0.351 e. The number of alkyl halides is 1. The molecule has 1 aliphatic carbocycles. The Morgan fingerprint density at radius 1 is 1.24 bits per heavy atom. The molecule has 0 aromatic heterocycles. The Labute approximate surface area is 126 Å². The van der Waals surface area contributed by atoms with Crippen LogP contribution < -0.4 is 5.32 Å². The van der Waals surface area contributed by atoms with Crippen LogP contribution in [0.4, 0.5) is 0 Å². The van der Waals surface area contributed by atoms with Gasteiger partial charge >= 0.3 is 0 Å². The van der Waals surface area contributed by atoms with E-state index in [9.17, 15) is 4.79 Å². The third kappa shape index (κ3) is 3.55. The molecule has 2 rings (SSSR count). The Kier molecular flexibility index (Phi) is 4.31. The van der Waals surface area contributed by atoms with Crippen LogP contribution in [-0.4, -0.2) is 17.8 Å². The van der Waals surface area contributed by atoms with Crippen molar-refractivity contribution in [1.29, 1.82) is 0 Å². The van der Waals surface area contributed by atoms with E-state index in [2.05, 4.69) is 53.1 Å². The first kappa shape index (κ1) is 13.6. The molecule has 0 aliphatic heterocycles. The fourth-order valence-electron chi connectivity index (χ4n) is 1.59. The molecule has 92 valence electrons. The van der Waals surface area contributed by atoms with Crippen molar-refractivity contribution in [1.82, 2.24) is 5.32 Å². The Balaban J connectivity index is 1.99. The van der Waals surface area contributed by atoms with Crippen LogP contribution in [-0.2, 0) is 0 Å². The van der Waals surface area contributed by atoms with Gasteiger partial charge in [0.25, 0.3) is 5.91 Å². The molecule has 1 amide bonds. The lowest BCUT2D eigenvalue weighted by atomic mass is 10.1. The zero-order valence-corrected chi connectivity index (χ0v) is 13.9. The van der Waals surface area contributed by atoms with Crippen LogP contribution in [0.1, 0.15) is 23.2 Å². The maximum atomic E-state index is 12.0. The number of nitrogens with one attached hydrogen (secondary N) is 1. The van der Waals surface area contributed by atoms with E-state index in [0.29, 0.717) is 11.0 Å². The summed E-state index contributed by atoms with van der Waals surface area (Å²) in [6.07, 6.45) is 2.39. The fourth-order valence-corrected chi connectivity index (χ4v) is 3.64. The van der Waals surface area contributed by atoms with Crippen LogP contribution >= 0.6 is 47.8 Å². The number of carbonyl (C=O) groups excluding carboxylic acids is 1. The Morgan fingerprint density at radius 3 is 2.29 bits per heavy atom. The fraction of sp³-hybridized carbons (Fsp3) is 0.417. The van der Waals surface area contributed by atoms with Crippen molar-refractivity contribution in [3.8, 4) is 0 Å². The van der Waals surface area contributed by atoms with Crippen LogP contribution in [0.2, 0.25) is 0 Å². The average molecular weight is 426 g/mol. The minimum atomic E-state index is -0.0146. The van der Waals surface area contributed by atoms with E-state index in [-0.39, 0.29) is 5.91 Å². The molecule has 0 atom stereocenters. The first-order chi connectivity index (χ1) is 8.04. The van der Waals surface area contributed by atoms with Gasteiger partial charge in [0.15, 0.2) is 0 Å². The topological polar surface area (TPSA) is 29.1 Å². The SMILES string of the molecule is O=C(NCC1(CBr)CC1)c1cc(Br)cc(Br)c1. The van der Waals surface area contributed by atoms with Crippen LogP contribution in [0.5, 0.6) is 0 Å². The first-order valence-electron chi connectivity index (χ1n) is 5.35. The van der Waals surface area contributed by atoms with Gasteiger partial charge in [-0.3, -0.25) is 4.79 Å². The number of hydrogen-bond donors (Lipinski definition) is 1. The predicted octanol–water partition coefficient (Wildman–Crippen LogP) is 4.12. The lowest BCUT2D eigenvalue weighted by Crippen LogP contribution is -2.30. The molecule has 1 fully saturated rings. The van der Waals surface area contributed by atoms with Crippen molar-refractivity contribution in [2.45, 2.75) is 12.8 Å². The summed E-state index contributed by atoms with van der Waals surface area (Å²) in [6, 6.07) is 5.57. The van der Waals surface area contributed by atoms with Gasteiger partial charge in [0, 0.05) is 26.4 Å². The van der Waals surface area contributed by atoms with Gasteiger partial charge in [-0.25, -0.2) is 0 Å². The maximum absolute atomic E-state index is 12.0. The minimum Gasteiger partial charge on any atom is -0.351 e. The third-order valence-corrected chi connectivity index (χ3v) is 5.09. The smallest absolute Gasteiger partial charge is 0.251 e. The zero-order chi connectivity index (χ0) is 12.5. The van der Waals surface area contributed by atoms with E-state index >= 15 is 0 Å². The van der Waals surface area contributed by atoms with E-state index in [0.717, 1.165) is 20.8 Å². The van der Waals surface area contributed by atoms with Crippen LogP contribution in [0, 0.1) is 5.41 Å². The van der Waals surface area contributed by atoms with Crippen molar-refractivity contribution < 1.29 is 4.79 Å². The van der Waals surface area contributed by atoms with Gasteiger partial charge in [0.05, 0.1) is 0 Å². The second kappa shape index (κ2) is 5.41. The Morgan fingerprint density at radius 2 is 1.82 bits per heavy atom. The molecule has 0 saturated heterocycles. The minimum absolute atomic E-state index is 0.0146. The molecule has 1 aliphatic rings. The zero-order valence-electron chi connectivity index (χ0n) is 9.10. The molecule has 1 N–H and O–H groups in total. The monoisotopic (exact) mass is 423 g/mol. The summed E-state index contributed by atoms with van der Waals surface area (Å²) in [6.45, 7) is 0.751. The van der Waals surface area contributed by atoms with E-state index in [1.54, 1.807) is 0 Å². The molecule has 0 unspecified atom stereocenters. The second-order valence-corrected chi connectivity index (χ2v) is 6.87. The summed E-state index contributed by atoms with van der Waals surface area (Å²) in [5.74, 6) is -0.0146. The highest BCUT2D eigenvalue weighted by molar-refractivity contribution is 9.11. The molecule has 1 aromatic carbocycles. The average Bonchev–Trinajstić information content (AvgIpc) is 3.05. The third-order valence-electron chi connectivity index (χ3n) is 2.99. The van der Waals surface area contributed by atoms with E-state index in [1.807, 2.05) is 18.2 Å². The van der Waals surface area contributed by atoms with Crippen LogP contribution in [0.25, 0.3) is 0 Å². The van der Waals surface area contributed by atoms with Gasteiger partial charge in [0.1, 0.15) is 0 Å². The summed E-state index contributed by atoms with van der Waals surface area (Å²) < 4.78 is 1.80. The number of halogens is 3. The highest BCUT2D eigenvalue weighted by Crippen LogP contribution is 2.46. The van der Waals surface area contributed by atoms with E-state index in [4.69, 9.17) is 0 Å². The quantitative estimate of drug-likeness (QED) is 0.722. The van der Waals surface area contributed by atoms with Gasteiger partial charge in [-0.15, -0.1) is 0 Å². The van der Waals surface area contributed by atoms with Gasteiger partial charge in [-0.1, -0.05) is 47.8 Å². The lowest BCUT2D eigenvalue weighted by Gasteiger charge is -2.12. The molecular formula is C12H12Br3NO. The maximum Gasteiger partial charge on any atom is 0.251 e. The molecule has 0 spiro atoms. The molecule has 17 heavy (non-hydrogen) atoms. The Bertz CT molecular complexity index is 423. The summed E-state index contributed by atoms with van der Waals surface area (Å²) in [5.41, 5.74) is 0.982. The number of benzene rings is 1. The van der Waals surface area contributed by atoms with Crippen molar-refractivity contribution in [2.24, 2.45) is 5.41 Å². The highest BCUT2D eigenvalue weighted by Gasteiger charge is 2.41. The number of amides is 1. The van der Waals surface area contributed by atoms with Crippen LogP contribution in [0.3, 0.4) is 0 Å². The molecule has 1 saturated carbocycles. The van der Waals surface area contributed by atoms with Crippen molar-refractivity contribution in [3.05, 3.63) is 32.7 Å². The van der Waals surface area contributed by atoms with E-state index < -0.39 is 0 Å². The highest BCUT2D eigenvalue weighted by atomic mass is 79.9. The van der Waals surface area contributed by atoms with Gasteiger partial charge in [-0.05, 0) is 36.5 Å². The predicted molar refractivity (Wildman–Crippen MR) is 79.6 cm³/mol. The molecular weight excluding hydrogens is 414 g/mol. The van der Waals surface area contributed by atoms with Crippen molar-refractivity contribution in [3.63, 3.8) is 0 Å². The first-order valence-corrected chi connectivity index (χ1v) is 8.06. The van der Waals surface area contributed by atoms with Crippen molar-refractivity contribution >= 4 is 53.7 Å². The molecule has 0 radical (unpaired) electrons. The molecule has 2 nitrogen and oxygen atoms in total. The lowest BCUT2D eigenvalue weighted by molar-refractivity contribution is 0.0946. The molecule has 5 heteroatoms. The number of rotatable bonds is 4. The Hall–Kier alpha value is 0.130. The van der Waals surface area contributed by atoms with Crippen molar-refractivity contribution in [2.75, 3.05) is 11.9 Å². The summed E-state index contributed by atoms with van der Waals surface area (Å²) >= 11 is 10.3. The standard InChI is InChI=1S/C12H12Br3NO/c13-6-12(1-2-12)7-16-11(17)8-3-9(14)5-10(15)4-8/h3-5H,1-2,6-7H2,(H,16,17). The van der Waals surface area contributed by atoms with E-state index in [1.165, 1.54) is 12.8 Å². The van der Waals surface area contributed by atoms with Gasteiger partial charge in [-0.2, -0.15) is 0 Å².